The van der Waals surface area contributed by atoms with Crippen molar-refractivity contribution in [2.45, 2.75) is 25.7 Å². The fourth-order valence-corrected chi connectivity index (χ4v) is 3.54. The summed E-state index contributed by atoms with van der Waals surface area (Å²) in [7, 11) is 0. The van der Waals surface area contributed by atoms with Gasteiger partial charge in [-0.1, -0.05) is 18.2 Å². The molecule has 1 amide bonds. The largest absolute Gasteiger partial charge is 0.508 e. The lowest BCUT2D eigenvalue weighted by Gasteiger charge is -2.17. The molecule has 4 rings (SSSR count). The zero-order valence-electron chi connectivity index (χ0n) is 14.2. The van der Waals surface area contributed by atoms with Crippen molar-refractivity contribution >= 4 is 5.91 Å². The summed E-state index contributed by atoms with van der Waals surface area (Å²) in [5, 5.41) is 9.60. The van der Waals surface area contributed by atoms with Crippen LogP contribution in [0.4, 0.5) is 0 Å². The van der Waals surface area contributed by atoms with E-state index in [1.165, 1.54) is 5.56 Å². The Balaban J connectivity index is 1.41. The highest BCUT2D eigenvalue weighted by Gasteiger charge is 2.28. The Morgan fingerprint density at radius 1 is 1.20 bits per heavy atom. The number of benzene rings is 2. The van der Waals surface area contributed by atoms with Gasteiger partial charge in [0.05, 0.1) is 6.42 Å². The van der Waals surface area contributed by atoms with E-state index in [2.05, 4.69) is 6.07 Å². The van der Waals surface area contributed by atoms with Gasteiger partial charge in [0, 0.05) is 19.0 Å². The molecule has 2 aromatic carbocycles. The second kappa shape index (κ2) is 6.31. The fourth-order valence-electron chi connectivity index (χ4n) is 3.54. The minimum Gasteiger partial charge on any atom is -0.508 e. The summed E-state index contributed by atoms with van der Waals surface area (Å²) in [5.41, 5.74) is 2.93. The van der Waals surface area contributed by atoms with E-state index >= 15 is 0 Å². The average Bonchev–Trinajstić information content (AvgIpc) is 3.26. The van der Waals surface area contributed by atoms with Gasteiger partial charge >= 0.3 is 0 Å². The lowest BCUT2D eigenvalue weighted by molar-refractivity contribution is -0.129. The molecule has 0 saturated carbocycles. The number of hydrogen-bond donors (Lipinski definition) is 1. The van der Waals surface area contributed by atoms with Crippen molar-refractivity contribution in [2.75, 3.05) is 19.9 Å². The normalized spacial score (nSPS) is 18.6. The predicted molar refractivity (Wildman–Crippen MR) is 93.1 cm³/mol. The molecule has 0 bridgehead atoms. The molecule has 0 aromatic heterocycles. The van der Waals surface area contributed by atoms with Crippen LogP contribution >= 0.6 is 0 Å². The van der Waals surface area contributed by atoms with Crippen molar-refractivity contribution < 1.29 is 19.4 Å². The molecule has 25 heavy (non-hydrogen) atoms. The Bertz CT molecular complexity index is 817. The van der Waals surface area contributed by atoms with Gasteiger partial charge in [-0.2, -0.15) is 0 Å². The zero-order valence-corrected chi connectivity index (χ0v) is 14.2. The molecule has 2 aliphatic heterocycles. The summed E-state index contributed by atoms with van der Waals surface area (Å²) in [6.45, 7) is 3.62. The summed E-state index contributed by atoms with van der Waals surface area (Å²) in [6, 6.07) is 11.4. The zero-order chi connectivity index (χ0) is 17.4. The molecule has 2 aliphatic rings. The first-order valence-electron chi connectivity index (χ1n) is 8.56. The molecule has 1 atom stereocenters. The van der Waals surface area contributed by atoms with Crippen molar-refractivity contribution in [1.82, 2.24) is 4.90 Å². The van der Waals surface area contributed by atoms with Gasteiger partial charge in [-0.3, -0.25) is 4.79 Å². The molecule has 5 nitrogen and oxygen atoms in total. The number of carbonyl (C=O) groups excluding carboxylic acids is 1. The Labute approximate surface area is 146 Å². The van der Waals surface area contributed by atoms with Crippen LogP contribution in [0.1, 0.15) is 29.0 Å². The molecule has 1 N–H and O–H groups in total. The number of carbonyl (C=O) groups is 1. The van der Waals surface area contributed by atoms with Crippen LogP contribution in [0.15, 0.2) is 36.4 Å². The van der Waals surface area contributed by atoms with E-state index in [0.717, 1.165) is 42.1 Å². The number of amides is 1. The van der Waals surface area contributed by atoms with Crippen LogP contribution in [0.5, 0.6) is 17.2 Å². The number of rotatable bonds is 3. The monoisotopic (exact) mass is 339 g/mol. The SMILES string of the molecule is Cc1cc(CC(=O)N2CC[C@@H](c3ccc4c(c3)OCO4)C2)ccc1O. The highest BCUT2D eigenvalue weighted by Crippen LogP contribution is 2.37. The molecule has 0 aliphatic carbocycles. The molecule has 130 valence electrons. The van der Waals surface area contributed by atoms with Crippen LogP contribution in [-0.2, 0) is 11.2 Å². The second-order valence-corrected chi connectivity index (χ2v) is 6.74. The minimum absolute atomic E-state index is 0.133. The molecular weight excluding hydrogens is 318 g/mol. The van der Waals surface area contributed by atoms with Gasteiger partial charge in [-0.25, -0.2) is 0 Å². The first kappa shape index (κ1) is 15.8. The van der Waals surface area contributed by atoms with Crippen LogP contribution in [-0.4, -0.2) is 35.8 Å². The summed E-state index contributed by atoms with van der Waals surface area (Å²) in [5.74, 6) is 2.31. The molecule has 1 saturated heterocycles. The minimum atomic E-state index is 0.133. The summed E-state index contributed by atoms with van der Waals surface area (Å²) in [6.07, 6.45) is 1.33. The average molecular weight is 339 g/mol. The van der Waals surface area contributed by atoms with Crippen LogP contribution in [0.3, 0.4) is 0 Å². The van der Waals surface area contributed by atoms with Crippen LogP contribution in [0.25, 0.3) is 0 Å². The first-order chi connectivity index (χ1) is 12.1. The highest BCUT2D eigenvalue weighted by molar-refractivity contribution is 5.79. The molecule has 0 radical (unpaired) electrons. The van der Waals surface area contributed by atoms with E-state index in [4.69, 9.17) is 9.47 Å². The third-order valence-corrected chi connectivity index (χ3v) is 5.03. The first-order valence-corrected chi connectivity index (χ1v) is 8.56. The lowest BCUT2D eigenvalue weighted by atomic mass is 9.98. The number of fused-ring (bicyclic) bond motifs is 1. The third kappa shape index (κ3) is 3.14. The van der Waals surface area contributed by atoms with Crippen molar-refractivity contribution in [3.63, 3.8) is 0 Å². The fraction of sp³-hybridized carbons (Fsp3) is 0.350. The second-order valence-electron chi connectivity index (χ2n) is 6.74. The molecule has 1 fully saturated rings. The van der Waals surface area contributed by atoms with Gasteiger partial charge in [0.2, 0.25) is 12.7 Å². The van der Waals surface area contributed by atoms with Crippen molar-refractivity contribution in [1.29, 1.82) is 0 Å². The van der Waals surface area contributed by atoms with Gasteiger partial charge < -0.3 is 19.5 Å². The van der Waals surface area contributed by atoms with Crippen molar-refractivity contribution in [3.05, 3.63) is 53.1 Å². The molecule has 0 unspecified atom stereocenters. The third-order valence-electron chi connectivity index (χ3n) is 5.03. The van der Waals surface area contributed by atoms with E-state index in [0.29, 0.717) is 12.3 Å². The van der Waals surface area contributed by atoms with Crippen LogP contribution in [0.2, 0.25) is 0 Å². The van der Waals surface area contributed by atoms with Crippen LogP contribution in [0, 0.1) is 6.92 Å². The van der Waals surface area contributed by atoms with Crippen LogP contribution < -0.4 is 9.47 Å². The van der Waals surface area contributed by atoms with Gasteiger partial charge in [-0.15, -0.1) is 0 Å². The summed E-state index contributed by atoms with van der Waals surface area (Å²) < 4.78 is 10.8. The molecular formula is C20H21NO4. The molecule has 2 aromatic rings. The standard InChI is InChI=1S/C20H21NO4/c1-13-8-14(2-4-17(13)22)9-20(23)21-7-6-16(11-21)15-3-5-18-19(10-15)25-12-24-18/h2-5,8,10,16,22H,6-7,9,11-12H2,1H3/t16-/m1/s1. The number of phenolic OH excluding ortho intramolecular Hbond substituents is 1. The van der Waals surface area contributed by atoms with Crippen molar-refractivity contribution in [2.24, 2.45) is 0 Å². The van der Waals surface area contributed by atoms with E-state index < -0.39 is 0 Å². The lowest BCUT2D eigenvalue weighted by Crippen LogP contribution is -2.29. The maximum Gasteiger partial charge on any atom is 0.231 e. The number of ether oxygens (including phenoxy) is 2. The van der Waals surface area contributed by atoms with Gasteiger partial charge in [0.25, 0.3) is 0 Å². The topological polar surface area (TPSA) is 59.0 Å². The summed E-state index contributed by atoms with van der Waals surface area (Å²) in [4.78, 5) is 14.5. The number of nitrogens with zero attached hydrogens (tertiary/aromatic N) is 1. The molecule has 0 spiro atoms. The maximum atomic E-state index is 12.6. The van der Waals surface area contributed by atoms with E-state index in [-0.39, 0.29) is 18.4 Å². The Morgan fingerprint density at radius 2 is 2.04 bits per heavy atom. The smallest absolute Gasteiger partial charge is 0.231 e. The summed E-state index contributed by atoms with van der Waals surface area (Å²) >= 11 is 0. The Hall–Kier alpha value is -2.69. The number of phenols is 1. The Kier molecular flexibility index (Phi) is 3.99. The number of hydrogen-bond acceptors (Lipinski definition) is 4. The maximum absolute atomic E-state index is 12.6. The number of aromatic hydroxyl groups is 1. The molecule has 2 heterocycles. The predicted octanol–water partition coefficient (Wildman–Crippen LogP) is 2.99. The van der Waals surface area contributed by atoms with E-state index in [1.54, 1.807) is 6.07 Å². The quantitative estimate of drug-likeness (QED) is 0.934. The number of aryl methyl sites for hydroxylation is 1. The highest BCUT2D eigenvalue weighted by atomic mass is 16.7. The molecule has 5 heteroatoms. The van der Waals surface area contributed by atoms with E-state index in [9.17, 15) is 9.90 Å². The van der Waals surface area contributed by atoms with E-state index in [1.807, 2.05) is 36.1 Å². The Morgan fingerprint density at radius 3 is 2.88 bits per heavy atom. The van der Waals surface area contributed by atoms with Crippen molar-refractivity contribution in [3.8, 4) is 17.2 Å². The van der Waals surface area contributed by atoms with Gasteiger partial charge in [-0.05, 0) is 48.2 Å². The van der Waals surface area contributed by atoms with Gasteiger partial charge in [0.1, 0.15) is 5.75 Å². The van der Waals surface area contributed by atoms with Gasteiger partial charge in [0.15, 0.2) is 11.5 Å². The number of likely N-dealkylation sites (tertiary alicyclic amines) is 1.